The lowest BCUT2D eigenvalue weighted by Gasteiger charge is -2.21. The first kappa shape index (κ1) is 16.1. The zero-order valence-corrected chi connectivity index (χ0v) is 14.3. The minimum Gasteiger partial charge on any atom is -0.359 e. The van der Waals surface area contributed by atoms with Gasteiger partial charge in [0.05, 0.1) is 6.33 Å². The minimum absolute atomic E-state index is 0.676. The van der Waals surface area contributed by atoms with E-state index in [4.69, 9.17) is 4.98 Å². The van der Waals surface area contributed by atoms with Gasteiger partial charge in [0.2, 0.25) is 0 Å². The number of hydrogen-bond donors (Lipinski definition) is 0. The van der Waals surface area contributed by atoms with Crippen LogP contribution < -0.4 is 4.90 Å². The van der Waals surface area contributed by atoms with Crippen LogP contribution in [0.25, 0.3) is 11.5 Å². The number of aryl methyl sites for hydroxylation is 2. The summed E-state index contributed by atoms with van der Waals surface area (Å²) in [5.74, 6) is 1.64. The Morgan fingerprint density at radius 3 is 2.71 bits per heavy atom. The Kier molecular flexibility index (Phi) is 4.84. The number of anilines is 1. The second-order valence-corrected chi connectivity index (χ2v) is 5.87. The first-order valence-corrected chi connectivity index (χ1v) is 8.08. The van der Waals surface area contributed by atoms with Gasteiger partial charge < -0.3 is 9.47 Å². The highest BCUT2D eigenvalue weighted by atomic mass is 15.2. The molecule has 0 radical (unpaired) electrons. The Labute approximate surface area is 142 Å². The molecule has 0 saturated heterocycles. The van der Waals surface area contributed by atoms with Gasteiger partial charge in [0.25, 0.3) is 0 Å². The number of hydrogen-bond acceptors (Lipinski definition) is 5. The Bertz CT molecular complexity index is 783. The number of imidazole rings is 1. The van der Waals surface area contributed by atoms with E-state index in [2.05, 4.69) is 38.4 Å². The summed E-state index contributed by atoms with van der Waals surface area (Å²) in [4.78, 5) is 20.0. The standard InChI is InChI=1S/C18H22N6/c1-14-15(2)21-17(16-7-4-5-8-20-16)22-18(14)23(3)10-6-11-24-12-9-19-13-24/h4-5,7-9,12-13H,6,10-11H2,1-3H3. The van der Waals surface area contributed by atoms with Crippen molar-refractivity contribution in [3.8, 4) is 11.5 Å². The Balaban J connectivity index is 1.77. The van der Waals surface area contributed by atoms with Gasteiger partial charge in [-0.15, -0.1) is 0 Å². The fourth-order valence-electron chi connectivity index (χ4n) is 2.61. The third-order valence-corrected chi connectivity index (χ3v) is 4.09. The van der Waals surface area contributed by atoms with Crippen LogP contribution in [-0.4, -0.2) is 38.1 Å². The van der Waals surface area contributed by atoms with Crippen LogP contribution in [-0.2, 0) is 6.54 Å². The fraction of sp³-hybridized carbons (Fsp3) is 0.333. The van der Waals surface area contributed by atoms with Crippen molar-refractivity contribution in [2.24, 2.45) is 0 Å². The highest BCUT2D eigenvalue weighted by Crippen LogP contribution is 2.22. The number of aromatic nitrogens is 5. The maximum absolute atomic E-state index is 4.75. The van der Waals surface area contributed by atoms with Crippen LogP contribution in [0.5, 0.6) is 0 Å². The van der Waals surface area contributed by atoms with Crippen molar-refractivity contribution in [2.75, 3.05) is 18.5 Å². The summed E-state index contributed by atoms with van der Waals surface area (Å²) in [6, 6.07) is 5.79. The summed E-state index contributed by atoms with van der Waals surface area (Å²) in [5.41, 5.74) is 2.90. The molecule has 0 unspecified atom stereocenters. The second-order valence-electron chi connectivity index (χ2n) is 5.87. The zero-order valence-electron chi connectivity index (χ0n) is 14.3. The predicted octanol–water partition coefficient (Wildman–Crippen LogP) is 2.88. The normalized spacial score (nSPS) is 10.8. The van der Waals surface area contributed by atoms with Crippen LogP contribution in [0, 0.1) is 13.8 Å². The summed E-state index contributed by atoms with van der Waals surface area (Å²) < 4.78 is 2.09. The average Bonchev–Trinajstić information content (AvgIpc) is 3.11. The van der Waals surface area contributed by atoms with E-state index in [1.807, 2.05) is 37.6 Å². The molecule has 0 atom stereocenters. The number of pyridine rings is 1. The predicted molar refractivity (Wildman–Crippen MR) is 94.9 cm³/mol. The topological polar surface area (TPSA) is 59.7 Å². The molecule has 6 nitrogen and oxygen atoms in total. The highest BCUT2D eigenvalue weighted by Gasteiger charge is 2.13. The van der Waals surface area contributed by atoms with E-state index in [9.17, 15) is 0 Å². The molecule has 124 valence electrons. The van der Waals surface area contributed by atoms with Crippen molar-refractivity contribution in [3.63, 3.8) is 0 Å². The average molecular weight is 322 g/mol. The molecule has 24 heavy (non-hydrogen) atoms. The molecule has 0 aliphatic rings. The molecular formula is C18H22N6. The molecule has 0 amide bonds. The molecule has 3 aromatic rings. The van der Waals surface area contributed by atoms with Gasteiger partial charge in [0.1, 0.15) is 11.5 Å². The van der Waals surface area contributed by atoms with Gasteiger partial charge >= 0.3 is 0 Å². The third-order valence-electron chi connectivity index (χ3n) is 4.09. The molecule has 0 aliphatic heterocycles. The molecule has 0 bridgehead atoms. The summed E-state index contributed by atoms with van der Waals surface area (Å²) in [7, 11) is 2.07. The highest BCUT2D eigenvalue weighted by molar-refractivity contribution is 5.56. The molecule has 0 spiro atoms. The van der Waals surface area contributed by atoms with Crippen molar-refractivity contribution in [1.29, 1.82) is 0 Å². The van der Waals surface area contributed by atoms with Gasteiger partial charge in [-0.3, -0.25) is 4.98 Å². The summed E-state index contributed by atoms with van der Waals surface area (Å²) in [5, 5.41) is 0. The maximum atomic E-state index is 4.75. The Hall–Kier alpha value is -2.76. The SMILES string of the molecule is Cc1nc(-c2ccccn2)nc(N(C)CCCn2ccnc2)c1C. The van der Waals surface area contributed by atoms with Gasteiger partial charge in [0.15, 0.2) is 5.82 Å². The monoisotopic (exact) mass is 322 g/mol. The van der Waals surface area contributed by atoms with Crippen molar-refractivity contribution in [1.82, 2.24) is 24.5 Å². The first-order valence-electron chi connectivity index (χ1n) is 8.08. The van der Waals surface area contributed by atoms with Crippen LogP contribution in [0.3, 0.4) is 0 Å². The smallest absolute Gasteiger partial charge is 0.180 e. The summed E-state index contributed by atoms with van der Waals surface area (Å²) >= 11 is 0. The molecule has 3 aromatic heterocycles. The van der Waals surface area contributed by atoms with Crippen molar-refractivity contribution in [2.45, 2.75) is 26.8 Å². The van der Waals surface area contributed by atoms with E-state index in [1.165, 1.54) is 0 Å². The largest absolute Gasteiger partial charge is 0.359 e. The van der Waals surface area contributed by atoms with Crippen molar-refractivity contribution >= 4 is 5.82 Å². The summed E-state index contributed by atoms with van der Waals surface area (Å²) in [6.07, 6.45) is 8.43. The first-order chi connectivity index (χ1) is 11.6. The van der Waals surface area contributed by atoms with E-state index in [0.717, 1.165) is 42.3 Å². The van der Waals surface area contributed by atoms with Crippen LogP contribution in [0.1, 0.15) is 17.7 Å². The van der Waals surface area contributed by atoms with Gasteiger partial charge in [-0.2, -0.15) is 0 Å². The van der Waals surface area contributed by atoms with Crippen LogP contribution in [0.15, 0.2) is 43.1 Å². The lowest BCUT2D eigenvalue weighted by Crippen LogP contribution is -2.23. The van der Waals surface area contributed by atoms with Crippen LogP contribution in [0.4, 0.5) is 5.82 Å². The summed E-state index contributed by atoms with van der Waals surface area (Å²) in [6.45, 7) is 5.95. The van der Waals surface area contributed by atoms with Gasteiger partial charge in [-0.1, -0.05) is 6.07 Å². The lowest BCUT2D eigenvalue weighted by atomic mass is 10.2. The molecule has 0 N–H and O–H groups in total. The van der Waals surface area contributed by atoms with E-state index in [0.29, 0.717) is 5.82 Å². The van der Waals surface area contributed by atoms with E-state index < -0.39 is 0 Å². The number of rotatable bonds is 6. The molecule has 0 fully saturated rings. The van der Waals surface area contributed by atoms with Crippen molar-refractivity contribution in [3.05, 3.63) is 54.4 Å². The zero-order chi connectivity index (χ0) is 16.9. The molecule has 0 saturated carbocycles. The van der Waals surface area contributed by atoms with Gasteiger partial charge in [-0.25, -0.2) is 15.0 Å². The third kappa shape index (κ3) is 3.59. The number of nitrogens with zero attached hydrogens (tertiary/aromatic N) is 6. The van der Waals surface area contributed by atoms with Gasteiger partial charge in [0, 0.05) is 50.0 Å². The molecule has 0 aromatic carbocycles. The molecular weight excluding hydrogens is 300 g/mol. The molecule has 6 heteroatoms. The quantitative estimate of drug-likeness (QED) is 0.698. The minimum atomic E-state index is 0.676. The maximum Gasteiger partial charge on any atom is 0.180 e. The van der Waals surface area contributed by atoms with E-state index in [1.54, 1.807) is 12.4 Å². The molecule has 3 rings (SSSR count). The van der Waals surface area contributed by atoms with Gasteiger partial charge in [-0.05, 0) is 32.4 Å². The second kappa shape index (κ2) is 7.21. The Morgan fingerprint density at radius 1 is 1.12 bits per heavy atom. The molecule has 0 aliphatic carbocycles. The lowest BCUT2D eigenvalue weighted by molar-refractivity contribution is 0.635. The Morgan fingerprint density at radius 2 is 2.00 bits per heavy atom. The van der Waals surface area contributed by atoms with Crippen molar-refractivity contribution < 1.29 is 0 Å². The molecule has 3 heterocycles. The van der Waals surface area contributed by atoms with Crippen LogP contribution in [0.2, 0.25) is 0 Å². The fourth-order valence-corrected chi connectivity index (χ4v) is 2.61. The van der Waals surface area contributed by atoms with E-state index in [-0.39, 0.29) is 0 Å². The van der Waals surface area contributed by atoms with E-state index >= 15 is 0 Å². The van der Waals surface area contributed by atoms with Crippen LogP contribution >= 0.6 is 0 Å².